The minimum atomic E-state index is 0.0169. The first kappa shape index (κ1) is 9.59. The van der Waals surface area contributed by atoms with Crippen molar-refractivity contribution in [2.24, 2.45) is 0 Å². The standard InChI is InChI=1S/C10H15NS/c1-8(10(2,3)12)9-5-4-6-11-7-9/h4-8,12H,1-3H3. The fourth-order valence-electron chi connectivity index (χ4n) is 1.04. The van der Waals surface area contributed by atoms with Gasteiger partial charge in [0.25, 0.3) is 0 Å². The Morgan fingerprint density at radius 3 is 2.58 bits per heavy atom. The Hall–Kier alpha value is -0.500. The number of thiol groups is 1. The smallest absolute Gasteiger partial charge is 0.0303 e. The van der Waals surface area contributed by atoms with E-state index < -0.39 is 0 Å². The molecule has 0 fully saturated rings. The minimum absolute atomic E-state index is 0.0169. The molecule has 0 aliphatic heterocycles. The Morgan fingerprint density at radius 1 is 1.50 bits per heavy atom. The van der Waals surface area contributed by atoms with Crippen LogP contribution in [0, 0.1) is 0 Å². The normalized spacial score (nSPS) is 14.3. The minimum Gasteiger partial charge on any atom is -0.264 e. The second-order valence-electron chi connectivity index (χ2n) is 3.66. The molecule has 0 aromatic carbocycles. The van der Waals surface area contributed by atoms with Gasteiger partial charge in [-0.25, -0.2) is 0 Å². The molecule has 1 aromatic rings. The molecule has 1 nitrogen and oxygen atoms in total. The van der Waals surface area contributed by atoms with E-state index in [1.165, 1.54) is 5.56 Å². The van der Waals surface area contributed by atoms with Crippen molar-refractivity contribution < 1.29 is 0 Å². The molecule has 12 heavy (non-hydrogen) atoms. The van der Waals surface area contributed by atoms with Crippen LogP contribution in [0.3, 0.4) is 0 Å². The number of hydrogen-bond acceptors (Lipinski definition) is 2. The van der Waals surface area contributed by atoms with Gasteiger partial charge < -0.3 is 0 Å². The summed E-state index contributed by atoms with van der Waals surface area (Å²) in [5, 5.41) is 0. The van der Waals surface area contributed by atoms with Crippen LogP contribution >= 0.6 is 12.6 Å². The molecule has 1 rings (SSSR count). The fourth-order valence-corrected chi connectivity index (χ4v) is 1.19. The number of pyridine rings is 1. The molecule has 0 aliphatic rings. The number of rotatable bonds is 2. The highest BCUT2D eigenvalue weighted by atomic mass is 32.1. The van der Waals surface area contributed by atoms with Gasteiger partial charge in [0.1, 0.15) is 0 Å². The first-order valence-corrected chi connectivity index (χ1v) is 4.59. The van der Waals surface area contributed by atoms with Gasteiger partial charge in [-0.15, -0.1) is 0 Å². The van der Waals surface area contributed by atoms with Gasteiger partial charge in [0.2, 0.25) is 0 Å². The maximum absolute atomic E-state index is 4.53. The molecule has 0 spiro atoms. The molecule has 1 aromatic heterocycles. The fraction of sp³-hybridized carbons (Fsp3) is 0.500. The van der Waals surface area contributed by atoms with Crippen molar-refractivity contribution in [1.82, 2.24) is 4.98 Å². The van der Waals surface area contributed by atoms with Crippen LogP contribution in [0.25, 0.3) is 0 Å². The Morgan fingerprint density at radius 2 is 2.17 bits per heavy atom. The average molecular weight is 181 g/mol. The molecule has 0 bridgehead atoms. The van der Waals surface area contributed by atoms with Gasteiger partial charge in [0.05, 0.1) is 0 Å². The van der Waals surface area contributed by atoms with E-state index in [1.54, 1.807) is 6.20 Å². The number of nitrogens with zero attached hydrogens (tertiary/aromatic N) is 1. The highest BCUT2D eigenvalue weighted by molar-refractivity contribution is 7.81. The first-order valence-electron chi connectivity index (χ1n) is 4.14. The topological polar surface area (TPSA) is 12.9 Å². The van der Waals surface area contributed by atoms with Crippen molar-refractivity contribution in [3.8, 4) is 0 Å². The molecular formula is C10H15NS. The van der Waals surface area contributed by atoms with E-state index in [0.29, 0.717) is 5.92 Å². The zero-order valence-corrected chi connectivity index (χ0v) is 8.68. The van der Waals surface area contributed by atoms with Crippen molar-refractivity contribution in [2.75, 3.05) is 0 Å². The Kier molecular flexibility index (Phi) is 2.78. The zero-order valence-electron chi connectivity index (χ0n) is 7.78. The maximum atomic E-state index is 4.53. The van der Waals surface area contributed by atoms with Crippen LogP contribution in [0.15, 0.2) is 24.5 Å². The van der Waals surface area contributed by atoms with E-state index in [1.807, 2.05) is 12.3 Å². The predicted octanol–water partition coefficient (Wildman–Crippen LogP) is 2.89. The molecular weight excluding hydrogens is 166 g/mol. The lowest BCUT2D eigenvalue weighted by Gasteiger charge is -2.26. The van der Waals surface area contributed by atoms with Crippen LogP contribution in [-0.2, 0) is 0 Å². The molecule has 0 aliphatic carbocycles. The summed E-state index contributed by atoms with van der Waals surface area (Å²) >= 11 is 4.53. The molecule has 0 saturated heterocycles. The van der Waals surface area contributed by atoms with Gasteiger partial charge in [-0.1, -0.05) is 26.8 Å². The van der Waals surface area contributed by atoms with Gasteiger partial charge in [-0.05, 0) is 17.5 Å². The molecule has 1 heterocycles. The number of aromatic nitrogens is 1. The van der Waals surface area contributed by atoms with Crippen molar-refractivity contribution in [2.45, 2.75) is 31.4 Å². The molecule has 1 unspecified atom stereocenters. The van der Waals surface area contributed by atoms with E-state index in [0.717, 1.165) is 0 Å². The third-order valence-corrected chi connectivity index (χ3v) is 2.63. The van der Waals surface area contributed by atoms with Gasteiger partial charge in [0.15, 0.2) is 0 Å². The van der Waals surface area contributed by atoms with Gasteiger partial charge in [0, 0.05) is 17.1 Å². The van der Waals surface area contributed by atoms with Crippen molar-refractivity contribution >= 4 is 12.6 Å². The van der Waals surface area contributed by atoms with E-state index >= 15 is 0 Å². The molecule has 0 N–H and O–H groups in total. The van der Waals surface area contributed by atoms with Crippen LogP contribution < -0.4 is 0 Å². The summed E-state index contributed by atoms with van der Waals surface area (Å²) in [6, 6.07) is 4.06. The zero-order chi connectivity index (χ0) is 9.19. The van der Waals surface area contributed by atoms with Crippen LogP contribution in [0.5, 0.6) is 0 Å². The van der Waals surface area contributed by atoms with Gasteiger partial charge >= 0.3 is 0 Å². The summed E-state index contributed by atoms with van der Waals surface area (Å²) in [6.07, 6.45) is 3.70. The van der Waals surface area contributed by atoms with E-state index in [4.69, 9.17) is 0 Å². The first-order chi connectivity index (χ1) is 5.52. The highest BCUT2D eigenvalue weighted by Gasteiger charge is 2.22. The quantitative estimate of drug-likeness (QED) is 0.692. The van der Waals surface area contributed by atoms with Gasteiger partial charge in [-0.2, -0.15) is 12.6 Å². The molecule has 66 valence electrons. The SMILES string of the molecule is CC(c1cccnc1)C(C)(C)S. The van der Waals surface area contributed by atoms with E-state index in [-0.39, 0.29) is 4.75 Å². The third kappa shape index (κ3) is 2.24. The number of hydrogen-bond donors (Lipinski definition) is 1. The summed E-state index contributed by atoms with van der Waals surface area (Å²) in [7, 11) is 0. The van der Waals surface area contributed by atoms with E-state index in [9.17, 15) is 0 Å². The monoisotopic (exact) mass is 181 g/mol. The second kappa shape index (κ2) is 3.48. The molecule has 2 heteroatoms. The van der Waals surface area contributed by atoms with Gasteiger partial charge in [-0.3, -0.25) is 4.98 Å². The van der Waals surface area contributed by atoms with Crippen LogP contribution in [0.4, 0.5) is 0 Å². The summed E-state index contributed by atoms with van der Waals surface area (Å²) in [5.41, 5.74) is 1.25. The maximum Gasteiger partial charge on any atom is 0.0303 e. The summed E-state index contributed by atoms with van der Waals surface area (Å²) < 4.78 is 0.0169. The Labute approximate surface area is 79.6 Å². The third-order valence-electron chi connectivity index (χ3n) is 2.24. The highest BCUT2D eigenvalue weighted by Crippen LogP contribution is 2.31. The molecule has 0 saturated carbocycles. The average Bonchev–Trinajstić information content (AvgIpc) is 2.03. The lowest BCUT2D eigenvalue weighted by atomic mass is 9.91. The molecule has 1 atom stereocenters. The Balaban J connectivity index is 2.86. The predicted molar refractivity (Wildman–Crippen MR) is 55.7 cm³/mol. The van der Waals surface area contributed by atoms with Crippen LogP contribution in [0.2, 0.25) is 0 Å². The second-order valence-corrected chi connectivity index (χ2v) is 4.81. The summed E-state index contributed by atoms with van der Waals surface area (Å²) in [6.45, 7) is 6.41. The van der Waals surface area contributed by atoms with Crippen molar-refractivity contribution in [3.63, 3.8) is 0 Å². The van der Waals surface area contributed by atoms with E-state index in [2.05, 4.69) is 44.5 Å². The van der Waals surface area contributed by atoms with Crippen LogP contribution in [-0.4, -0.2) is 9.73 Å². The van der Waals surface area contributed by atoms with Crippen LogP contribution in [0.1, 0.15) is 32.3 Å². The lowest BCUT2D eigenvalue weighted by molar-refractivity contribution is 0.589. The van der Waals surface area contributed by atoms with Crippen molar-refractivity contribution in [3.05, 3.63) is 30.1 Å². The summed E-state index contributed by atoms with van der Waals surface area (Å²) in [5.74, 6) is 0.425. The summed E-state index contributed by atoms with van der Waals surface area (Å²) in [4.78, 5) is 4.09. The van der Waals surface area contributed by atoms with Crippen molar-refractivity contribution in [1.29, 1.82) is 0 Å². The Bertz CT molecular complexity index is 238. The molecule has 0 radical (unpaired) electrons. The lowest BCUT2D eigenvalue weighted by Crippen LogP contribution is -2.19. The largest absolute Gasteiger partial charge is 0.264 e. The molecule has 0 amide bonds.